The summed E-state index contributed by atoms with van der Waals surface area (Å²) in [7, 11) is -9.59. The molecule has 13 heteroatoms. The number of benzene rings is 3. The number of fused-ring (bicyclic) bond motifs is 2. The first-order chi connectivity index (χ1) is 16.2. The molecule has 0 atom stereocenters. The molecule has 7 N–H and O–H groups in total. The van der Waals surface area contributed by atoms with E-state index in [9.17, 15) is 35.5 Å². The third-order valence-electron chi connectivity index (χ3n) is 5.69. The quantitative estimate of drug-likeness (QED) is 0.191. The number of hydrogen-bond donors (Lipinski definition) is 5. The Bertz CT molecular complexity index is 1660. The average Bonchev–Trinajstić information content (AvgIpc) is 2.77. The second-order valence-corrected chi connectivity index (χ2v) is 10.7. The van der Waals surface area contributed by atoms with Crippen LogP contribution in [0.2, 0.25) is 0 Å². The summed E-state index contributed by atoms with van der Waals surface area (Å²) in [5.41, 5.74) is 11.5. The van der Waals surface area contributed by atoms with E-state index in [1.165, 1.54) is 0 Å². The van der Waals surface area contributed by atoms with Gasteiger partial charge >= 0.3 is 0 Å². The molecule has 11 nitrogen and oxygen atoms in total. The molecule has 0 amide bonds. The molecular weight excluding hydrogens is 498 g/mol. The molecule has 0 spiro atoms. The molecule has 0 heterocycles. The third kappa shape index (κ3) is 4.19. The Morgan fingerprint density at radius 3 is 2.11 bits per heavy atom. The van der Waals surface area contributed by atoms with Crippen molar-refractivity contribution in [2.75, 3.05) is 11.1 Å². The maximum absolute atomic E-state index is 13.5. The molecule has 182 valence electrons. The highest BCUT2D eigenvalue weighted by atomic mass is 32.2. The normalized spacial score (nSPS) is 13.4. The van der Waals surface area contributed by atoms with Gasteiger partial charge in [0.15, 0.2) is 11.6 Å². The topological polar surface area (TPSA) is 207 Å². The summed E-state index contributed by atoms with van der Waals surface area (Å²) in [6.45, 7) is 2.03. The van der Waals surface area contributed by atoms with Gasteiger partial charge in [0.2, 0.25) is 0 Å². The summed E-state index contributed by atoms with van der Waals surface area (Å²) >= 11 is 0. The largest absolute Gasteiger partial charge is 0.397 e. The Hall–Kier alpha value is -3.62. The third-order valence-corrected chi connectivity index (χ3v) is 7.43. The van der Waals surface area contributed by atoms with Crippen molar-refractivity contribution < 1.29 is 35.5 Å². The van der Waals surface area contributed by atoms with Crippen molar-refractivity contribution in [3.8, 4) is 0 Å². The number of hydrogen-bond acceptors (Lipinski definition) is 9. The molecular formula is C22H19N3O8S2. The Kier molecular flexibility index (Phi) is 5.78. The number of anilines is 3. The standard InChI is InChI=1S/C22H19N3O8S2/c1-10-2-3-12(6-11(10)9-23)25-16-8-17(35(31,32)33)20(24)19-18(16)22(27)15-7-13(34(28,29)30)4-5-14(15)21(19)26/h2-8,25H,9,23-24H2,1H3,(H,28,29,30)(H,31,32,33). The Morgan fingerprint density at radius 1 is 0.857 bits per heavy atom. The van der Waals surface area contributed by atoms with Crippen LogP contribution >= 0.6 is 0 Å². The summed E-state index contributed by atoms with van der Waals surface area (Å²) in [6.07, 6.45) is 0. The lowest BCUT2D eigenvalue weighted by Crippen LogP contribution is -2.25. The highest BCUT2D eigenvalue weighted by Gasteiger charge is 2.37. The first-order valence-electron chi connectivity index (χ1n) is 9.95. The molecule has 1 aliphatic carbocycles. The van der Waals surface area contributed by atoms with Gasteiger partial charge < -0.3 is 16.8 Å². The summed E-state index contributed by atoms with van der Waals surface area (Å²) in [6, 6.07) is 8.72. The highest BCUT2D eigenvalue weighted by Crippen LogP contribution is 2.40. The van der Waals surface area contributed by atoms with Gasteiger partial charge in [0.1, 0.15) is 4.90 Å². The van der Waals surface area contributed by atoms with E-state index in [2.05, 4.69) is 5.32 Å². The van der Waals surface area contributed by atoms with E-state index in [0.717, 1.165) is 35.4 Å². The van der Waals surface area contributed by atoms with E-state index < -0.39 is 52.8 Å². The zero-order chi connectivity index (χ0) is 25.9. The fourth-order valence-corrected chi connectivity index (χ4v) is 5.07. The number of rotatable bonds is 5. The predicted molar refractivity (Wildman–Crippen MR) is 126 cm³/mol. The Morgan fingerprint density at radius 2 is 1.51 bits per heavy atom. The molecule has 0 aliphatic heterocycles. The lowest BCUT2D eigenvalue weighted by atomic mass is 9.82. The molecule has 3 aromatic carbocycles. The minimum absolute atomic E-state index is 0.171. The fraction of sp³-hybridized carbons (Fsp3) is 0.0909. The van der Waals surface area contributed by atoms with Crippen molar-refractivity contribution in [1.82, 2.24) is 0 Å². The van der Waals surface area contributed by atoms with Crippen LogP contribution in [0, 0.1) is 6.92 Å². The molecule has 0 unspecified atom stereocenters. The van der Waals surface area contributed by atoms with Gasteiger partial charge in [0.05, 0.1) is 27.4 Å². The summed E-state index contributed by atoms with van der Waals surface area (Å²) in [4.78, 5) is 25.4. The molecule has 0 saturated heterocycles. The predicted octanol–water partition coefficient (Wildman–Crippen LogP) is 2.05. The molecule has 3 aromatic rings. The zero-order valence-corrected chi connectivity index (χ0v) is 19.7. The summed E-state index contributed by atoms with van der Waals surface area (Å²) < 4.78 is 66.3. The van der Waals surface area contributed by atoms with Gasteiger partial charge in [-0.25, -0.2) is 0 Å². The maximum atomic E-state index is 13.5. The second kappa shape index (κ2) is 8.25. The van der Waals surface area contributed by atoms with Gasteiger partial charge in [-0.15, -0.1) is 0 Å². The van der Waals surface area contributed by atoms with Gasteiger partial charge in [-0.2, -0.15) is 16.8 Å². The van der Waals surface area contributed by atoms with Gasteiger partial charge in [-0.1, -0.05) is 6.07 Å². The van der Waals surface area contributed by atoms with Crippen molar-refractivity contribution >= 4 is 48.9 Å². The van der Waals surface area contributed by atoms with Gasteiger partial charge in [0.25, 0.3) is 20.2 Å². The number of aryl methyl sites for hydroxylation is 1. The second-order valence-electron chi connectivity index (χ2n) is 7.87. The van der Waals surface area contributed by atoms with E-state index in [1.54, 1.807) is 18.2 Å². The molecule has 4 rings (SSSR count). The Labute approximate surface area is 200 Å². The summed E-state index contributed by atoms with van der Waals surface area (Å²) in [5.74, 6) is -1.71. The number of carbonyl (C=O) groups is 2. The number of nitrogens with two attached hydrogens (primary N) is 2. The van der Waals surface area contributed by atoms with Crippen LogP contribution in [0.5, 0.6) is 0 Å². The van der Waals surface area contributed by atoms with Crippen molar-refractivity contribution in [2.45, 2.75) is 23.3 Å². The van der Waals surface area contributed by atoms with Crippen molar-refractivity contribution in [3.05, 3.63) is 75.8 Å². The van der Waals surface area contributed by atoms with Crippen molar-refractivity contribution in [1.29, 1.82) is 0 Å². The minimum atomic E-state index is -4.91. The van der Waals surface area contributed by atoms with Crippen LogP contribution in [0.25, 0.3) is 0 Å². The van der Waals surface area contributed by atoms with Gasteiger partial charge in [0, 0.05) is 23.4 Å². The number of nitrogens with one attached hydrogen (secondary N) is 1. The zero-order valence-electron chi connectivity index (χ0n) is 18.1. The van der Waals surface area contributed by atoms with Gasteiger partial charge in [-0.3, -0.25) is 18.7 Å². The molecule has 0 aromatic heterocycles. The lowest BCUT2D eigenvalue weighted by Gasteiger charge is -2.24. The number of carbonyl (C=O) groups excluding carboxylic acids is 2. The van der Waals surface area contributed by atoms with E-state index in [4.69, 9.17) is 11.5 Å². The minimum Gasteiger partial charge on any atom is -0.397 e. The van der Waals surface area contributed by atoms with E-state index in [0.29, 0.717) is 5.69 Å². The van der Waals surface area contributed by atoms with Crippen LogP contribution in [0.15, 0.2) is 52.3 Å². The molecule has 1 aliphatic rings. The van der Waals surface area contributed by atoms with Crippen LogP contribution < -0.4 is 16.8 Å². The van der Waals surface area contributed by atoms with E-state index in [1.807, 2.05) is 6.92 Å². The average molecular weight is 518 g/mol. The van der Waals surface area contributed by atoms with Crippen molar-refractivity contribution in [3.63, 3.8) is 0 Å². The first-order valence-corrected chi connectivity index (χ1v) is 12.8. The molecule has 0 fully saturated rings. The number of nitrogen functional groups attached to an aromatic ring is 1. The SMILES string of the molecule is Cc1ccc(Nc2cc(S(=O)(=O)O)c(N)c3c2C(=O)c2cc(S(=O)(=O)O)ccc2C3=O)cc1CN. The van der Waals surface area contributed by atoms with E-state index in [-0.39, 0.29) is 28.9 Å². The van der Waals surface area contributed by atoms with Crippen LogP contribution in [0.1, 0.15) is 43.0 Å². The van der Waals surface area contributed by atoms with E-state index >= 15 is 0 Å². The fourth-order valence-electron chi connectivity index (χ4n) is 3.92. The molecule has 0 bridgehead atoms. The van der Waals surface area contributed by atoms with Crippen LogP contribution in [0.4, 0.5) is 17.1 Å². The first kappa shape index (κ1) is 24.5. The van der Waals surface area contributed by atoms with Crippen LogP contribution in [-0.4, -0.2) is 37.5 Å². The molecule has 35 heavy (non-hydrogen) atoms. The van der Waals surface area contributed by atoms with Gasteiger partial charge in [-0.05, 0) is 54.4 Å². The maximum Gasteiger partial charge on any atom is 0.296 e. The van der Waals surface area contributed by atoms with Crippen molar-refractivity contribution in [2.24, 2.45) is 5.73 Å². The summed E-state index contributed by atoms with van der Waals surface area (Å²) in [5, 5.41) is 2.87. The highest BCUT2D eigenvalue weighted by molar-refractivity contribution is 7.86. The monoisotopic (exact) mass is 517 g/mol. The van der Waals surface area contributed by atoms with Crippen LogP contribution in [0.3, 0.4) is 0 Å². The molecule has 0 radical (unpaired) electrons. The molecule has 0 saturated carbocycles. The van der Waals surface area contributed by atoms with Crippen LogP contribution in [-0.2, 0) is 26.8 Å². The Balaban J connectivity index is 2.01. The smallest absolute Gasteiger partial charge is 0.296 e. The lowest BCUT2D eigenvalue weighted by molar-refractivity contribution is 0.0980. The number of ketones is 2.